The number of methoxy groups -OCH3 is 1. The number of oxime groups is 1. The zero-order valence-corrected chi connectivity index (χ0v) is 13.9. The van der Waals surface area contributed by atoms with Crippen LogP contribution >= 0.6 is 0 Å². The van der Waals surface area contributed by atoms with E-state index in [0.29, 0.717) is 13.0 Å². The molecule has 0 saturated heterocycles. The zero-order chi connectivity index (χ0) is 17.1. The van der Waals surface area contributed by atoms with Gasteiger partial charge in [0.15, 0.2) is 0 Å². The zero-order valence-electron chi connectivity index (χ0n) is 13.9. The fraction of sp³-hybridized carbons (Fsp3) is 0.353. The first-order valence-corrected chi connectivity index (χ1v) is 7.71. The van der Waals surface area contributed by atoms with Crippen molar-refractivity contribution in [3.63, 3.8) is 0 Å². The third-order valence-corrected chi connectivity index (χ3v) is 4.17. The van der Waals surface area contributed by atoms with E-state index in [1.165, 1.54) is 0 Å². The number of benzene rings is 1. The van der Waals surface area contributed by atoms with Crippen LogP contribution in [0, 0.1) is 6.92 Å². The standard InChI is InChI=1S/C17H20N4O3/c1-11-13(10-19-21(11)2)9-18-17(22)16-8-15(20-24-16)12-4-6-14(23-3)7-5-12/h4-7,10,16H,8-9H2,1-3H3,(H,18,22). The third kappa shape index (κ3) is 3.24. The molecule has 1 atom stereocenters. The third-order valence-electron chi connectivity index (χ3n) is 4.17. The Balaban J connectivity index is 1.55. The second-order valence-electron chi connectivity index (χ2n) is 5.66. The molecule has 1 N–H and O–H groups in total. The minimum Gasteiger partial charge on any atom is -0.497 e. The quantitative estimate of drug-likeness (QED) is 0.903. The number of aryl methyl sites for hydroxylation is 1. The van der Waals surface area contributed by atoms with Crippen LogP contribution in [0.5, 0.6) is 5.75 Å². The van der Waals surface area contributed by atoms with Crippen molar-refractivity contribution in [1.82, 2.24) is 15.1 Å². The van der Waals surface area contributed by atoms with Gasteiger partial charge in [0.25, 0.3) is 5.91 Å². The summed E-state index contributed by atoms with van der Waals surface area (Å²) in [5, 5.41) is 11.1. The van der Waals surface area contributed by atoms with Crippen molar-refractivity contribution in [1.29, 1.82) is 0 Å². The molecule has 0 saturated carbocycles. The molecule has 7 heteroatoms. The highest BCUT2D eigenvalue weighted by Gasteiger charge is 2.28. The highest BCUT2D eigenvalue weighted by Crippen LogP contribution is 2.19. The number of nitrogens with one attached hydrogen (secondary N) is 1. The van der Waals surface area contributed by atoms with Gasteiger partial charge in [0.05, 0.1) is 19.0 Å². The Morgan fingerprint density at radius 2 is 2.17 bits per heavy atom. The molecule has 0 aliphatic carbocycles. The van der Waals surface area contributed by atoms with Gasteiger partial charge >= 0.3 is 0 Å². The van der Waals surface area contributed by atoms with Gasteiger partial charge in [0.2, 0.25) is 6.10 Å². The van der Waals surface area contributed by atoms with Gasteiger partial charge in [-0.25, -0.2) is 0 Å². The SMILES string of the molecule is COc1ccc(C2=NOC(C(=O)NCc3cnn(C)c3C)C2)cc1. The van der Waals surface area contributed by atoms with E-state index in [2.05, 4.69) is 15.6 Å². The van der Waals surface area contributed by atoms with E-state index in [-0.39, 0.29) is 5.91 Å². The van der Waals surface area contributed by atoms with Crippen molar-refractivity contribution in [2.24, 2.45) is 12.2 Å². The molecule has 0 fully saturated rings. The Bertz CT molecular complexity index is 765. The maximum Gasteiger partial charge on any atom is 0.264 e. The lowest BCUT2D eigenvalue weighted by Gasteiger charge is -2.09. The van der Waals surface area contributed by atoms with E-state index in [9.17, 15) is 4.79 Å². The number of hydrogen-bond donors (Lipinski definition) is 1. The average molecular weight is 328 g/mol. The first-order valence-electron chi connectivity index (χ1n) is 7.71. The minimum absolute atomic E-state index is 0.175. The van der Waals surface area contributed by atoms with Crippen LogP contribution in [0.1, 0.15) is 23.2 Å². The molecular weight excluding hydrogens is 308 g/mol. The van der Waals surface area contributed by atoms with Gasteiger partial charge in [-0.2, -0.15) is 5.10 Å². The largest absolute Gasteiger partial charge is 0.497 e. The van der Waals surface area contributed by atoms with Crippen molar-refractivity contribution in [3.8, 4) is 5.75 Å². The molecule has 1 aromatic carbocycles. The molecule has 126 valence electrons. The molecule has 0 radical (unpaired) electrons. The number of amides is 1. The van der Waals surface area contributed by atoms with Crippen LogP contribution in [0.2, 0.25) is 0 Å². The molecular formula is C17H20N4O3. The summed E-state index contributed by atoms with van der Waals surface area (Å²) in [6.45, 7) is 2.39. The van der Waals surface area contributed by atoms with E-state index < -0.39 is 6.10 Å². The van der Waals surface area contributed by atoms with Crippen LogP contribution < -0.4 is 10.1 Å². The molecule has 2 heterocycles. The molecule has 3 rings (SSSR count). The van der Waals surface area contributed by atoms with Crippen LogP contribution in [0.15, 0.2) is 35.6 Å². The van der Waals surface area contributed by atoms with Gasteiger partial charge in [-0.3, -0.25) is 9.48 Å². The van der Waals surface area contributed by atoms with E-state index >= 15 is 0 Å². The van der Waals surface area contributed by atoms with E-state index in [4.69, 9.17) is 9.57 Å². The first-order chi connectivity index (χ1) is 11.6. The van der Waals surface area contributed by atoms with Gasteiger partial charge in [-0.15, -0.1) is 0 Å². The highest BCUT2D eigenvalue weighted by atomic mass is 16.6. The van der Waals surface area contributed by atoms with Gasteiger partial charge in [-0.05, 0) is 36.8 Å². The molecule has 2 aromatic rings. The molecule has 0 spiro atoms. The average Bonchev–Trinajstić information content (AvgIpc) is 3.22. The van der Waals surface area contributed by atoms with Crippen LogP contribution in [0.4, 0.5) is 0 Å². The van der Waals surface area contributed by atoms with Gasteiger partial charge in [0.1, 0.15) is 5.75 Å². The lowest BCUT2D eigenvalue weighted by molar-refractivity contribution is -0.131. The number of carbonyl (C=O) groups excluding carboxylic acids is 1. The topological polar surface area (TPSA) is 77.7 Å². The Kier molecular flexibility index (Phi) is 4.50. The molecule has 1 amide bonds. The number of carbonyl (C=O) groups is 1. The normalized spacial score (nSPS) is 16.5. The maximum atomic E-state index is 12.3. The number of rotatable bonds is 5. The van der Waals surface area contributed by atoms with Crippen LogP contribution in [-0.4, -0.2) is 34.6 Å². The Morgan fingerprint density at radius 1 is 1.42 bits per heavy atom. The van der Waals surface area contributed by atoms with Crippen LogP contribution in [0.3, 0.4) is 0 Å². The fourth-order valence-electron chi connectivity index (χ4n) is 2.49. The summed E-state index contributed by atoms with van der Waals surface area (Å²) in [7, 11) is 3.49. The smallest absolute Gasteiger partial charge is 0.264 e. The summed E-state index contributed by atoms with van der Waals surface area (Å²) in [6.07, 6.45) is 1.60. The molecule has 1 aromatic heterocycles. The van der Waals surface area contributed by atoms with Crippen LogP contribution in [0.25, 0.3) is 0 Å². The summed E-state index contributed by atoms with van der Waals surface area (Å²) in [4.78, 5) is 17.5. The molecule has 24 heavy (non-hydrogen) atoms. The van der Waals surface area contributed by atoms with E-state index in [0.717, 1.165) is 28.3 Å². The summed E-state index contributed by atoms with van der Waals surface area (Å²) in [6, 6.07) is 7.52. The van der Waals surface area contributed by atoms with Gasteiger partial charge < -0.3 is 14.9 Å². The predicted molar refractivity (Wildman–Crippen MR) is 88.8 cm³/mol. The number of ether oxygens (including phenoxy) is 1. The molecule has 1 unspecified atom stereocenters. The lowest BCUT2D eigenvalue weighted by atomic mass is 10.0. The van der Waals surface area contributed by atoms with Gasteiger partial charge in [-0.1, -0.05) is 5.16 Å². The molecule has 1 aliphatic heterocycles. The fourth-order valence-corrected chi connectivity index (χ4v) is 2.49. The minimum atomic E-state index is -0.598. The maximum absolute atomic E-state index is 12.3. The number of nitrogens with zero attached hydrogens (tertiary/aromatic N) is 3. The monoisotopic (exact) mass is 328 g/mol. The first kappa shape index (κ1) is 16.0. The molecule has 7 nitrogen and oxygen atoms in total. The van der Waals surface area contributed by atoms with Crippen molar-refractivity contribution in [2.75, 3.05) is 7.11 Å². The summed E-state index contributed by atoms with van der Waals surface area (Å²) in [5.41, 5.74) is 3.70. The number of hydrogen-bond acceptors (Lipinski definition) is 5. The Hall–Kier alpha value is -2.83. The van der Waals surface area contributed by atoms with E-state index in [1.54, 1.807) is 18.0 Å². The molecule has 1 aliphatic rings. The second-order valence-corrected chi connectivity index (χ2v) is 5.66. The molecule has 0 bridgehead atoms. The van der Waals surface area contributed by atoms with Crippen molar-refractivity contribution in [2.45, 2.75) is 26.0 Å². The Labute approximate surface area is 140 Å². The second kappa shape index (κ2) is 6.74. The van der Waals surface area contributed by atoms with E-state index in [1.807, 2.05) is 38.2 Å². The van der Waals surface area contributed by atoms with Crippen molar-refractivity contribution < 1.29 is 14.4 Å². The Morgan fingerprint density at radius 3 is 2.79 bits per heavy atom. The predicted octanol–water partition coefficient (Wildman–Crippen LogP) is 1.55. The lowest BCUT2D eigenvalue weighted by Crippen LogP contribution is -2.34. The van der Waals surface area contributed by atoms with Gasteiger partial charge in [0, 0.05) is 31.3 Å². The van der Waals surface area contributed by atoms with Crippen LogP contribution in [-0.2, 0) is 23.2 Å². The summed E-state index contributed by atoms with van der Waals surface area (Å²) < 4.78 is 6.91. The summed E-state index contributed by atoms with van der Waals surface area (Å²) >= 11 is 0. The van der Waals surface area contributed by atoms with Crippen molar-refractivity contribution in [3.05, 3.63) is 47.3 Å². The number of aromatic nitrogens is 2. The summed E-state index contributed by atoms with van der Waals surface area (Å²) in [5.74, 6) is 0.602. The van der Waals surface area contributed by atoms with Crippen molar-refractivity contribution >= 4 is 11.6 Å². The highest BCUT2D eigenvalue weighted by molar-refractivity contribution is 6.04.